The predicted molar refractivity (Wildman–Crippen MR) is 60.7 cm³/mol. The van der Waals surface area contributed by atoms with Crippen LogP contribution < -0.4 is 10.1 Å². The summed E-state index contributed by atoms with van der Waals surface area (Å²) in [5, 5.41) is 19.3. The second-order valence-electron chi connectivity index (χ2n) is 4.22. The highest BCUT2D eigenvalue weighted by atomic mass is 16.5. The summed E-state index contributed by atoms with van der Waals surface area (Å²) in [6.07, 6.45) is 0.303. The van der Waals surface area contributed by atoms with Crippen molar-refractivity contribution in [3.05, 3.63) is 29.8 Å². The van der Waals surface area contributed by atoms with Gasteiger partial charge in [-0.2, -0.15) is 0 Å². The van der Waals surface area contributed by atoms with E-state index in [4.69, 9.17) is 14.9 Å². The molecule has 2 atom stereocenters. The molecule has 6 heteroatoms. The number of quaternary nitrogens is 1. The third kappa shape index (κ3) is 2.78. The van der Waals surface area contributed by atoms with Crippen molar-refractivity contribution in [3.63, 3.8) is 0 Å². The van der Waals surface area contributed by atoms with E-state index in [0.717, 1.165) is 0 Å². The van der Waals surface area contributed by atoms with Gasteiger partial charge in [0, 0.05) is 0 Å². The molecule has 1 aromatic carbocycles. The summed E-state index contributed by atoms with van der Waals surface area (Å²) < 4.78 is 5.60. The van der Waals surface area contributed by atoms with Crippen LogP contribution in [0.2, 0.25) is 0 Å². The Kier molecular flexibility index (Phi) is 3.47. The molecule has 4 N–H and O–H groups in total. The lowest BCUT2D eigenvalue weighted by molar-refractivity contribution is -0.660. The number of benzene rings is 1. The van der Waals surface area contributed by atoms with Crippen molar-refractivity contribution in [1.82, 2.24) is 0 Å². The van der Waals surface area contributed by atoms with Gasteiger partial charge in [-0.15, -0.1) is 0 Å². The molecule has 1 aromatic rings. The molecule has 2 rings (SSSR count). The molecule has 96 valence electrons. The van der Waals surface area contributed by atoms with Crippen molar-refractivity contribution in [1.29, 1.82) is 0 Å². The normalized spacial score (nSPS) is 22.7. The van der Waals surface area contributed by atoms with E-state index < -0.39 is 18.0 Å². The maximum absolute atomic E-state index is 10.8. The number of aliphatic carboxylic acids is 1. The Morgan fingerprint density at radius 3 is 2.39 bits per heavy atom. The van der Waals surface area contributed by atoms with Crippen LogP contribution in [0.15, 0.2) is 24.3 Å². The molecule has 0 amide bonds. The lowest BCUT2D eigenvalue weighted by Crippen LogP contribution is -2.89. The minimum Gasteiger partial charge on any atom is -0.484 e. The van der Waals surface area contributed by atoms with Gasteiger partial charge in [-0.25, -0.2) is 9.59 Å². The van der Waals surface area contributed by atoms with Crippen molar-refractivity contribution in [2.75, 3.05) is 6.54 Å². The van der Waals surface area contributed by atoms with Crippen LogP contribution in [0.3, 0.4) is 0 Å². The van der Waals surface area contributed by atoms with Crippen molar-refractivity contribution in [2.24, 2.45) is 0 Å². The summed E-state index contributed by atoms with van der Waals surface area (Å²) in [6.45, 7) is 0.595. The first kappa shape index (κ1) is 12.4. The van der Waals surface area contributed by atoms with E-state index >= 15 is 0 Å². The van der Waals surface area contributed by atoms with Crippen LogP contribution in [0.1, 0.15) is 16.8 Å². The van der Waals surface area contributed by atoms with Crippen LogP contribution in [0, 0.1) is 0 Å². The Bertz CT molecular complexity index is 456. The standard InChI is InChI=1S/C12H13NO5/c14-11(15)7-1-3-8(4-2-7)18-9-5-10(12(16)17)13-6-9/h1-4,9-10,13H,5-6H2,(H,14,15)(H,16,17)/p+1/t9-,10-/m0/s1. The number of carbonyl (C=O) groups is 2. The van der Waals surface area contributed by atoms with E-state index in [1.807, 2.05) is 0 Å². The fourth-order valence-electron chi connectivity index (χ4n) is 1.96. The summed E-state index contributed by atoms with van der Waals surface area (Å²) in [5.74, 6) is -1.26. The van der Waals surface area contributed by atoms with Crippen molar-refractivity contribution >= 4 is 11.9 Å². The van der Waals surface area contributed by atoms with Gasteiger partial charge in [0.2, 0.25) is 0 Å². The van der Waals surface area contributed by atoms with Crippen LogP contribution in [0.5, 0.6) is 5.75 Å². The molecule has 0 unspecified atom stereocenters. The van der Waals surface area contributed by atoms with E-state index in [0.29, 0.717) is 18.7 Å². The molecule has 1 fully saturated rings. The van der Waals surface area contributed by atoms with Gasteiger partial charge >= 0.3 is 11.9 Å². The second-order valence-corrected chi connectivity index (χ2v) is 4.22. The van der Waals surface area contributed by atoms with E-state index in [2.05, 4.69) is 0 Å². The highest BCUT2D eigenvalue weighted by molar-refractivity contribution is 5.87. The number of hydrogen-bond acceptors (Lipinski definition) is 3. The maximum atomic E-state index is 10.8. The largest absolute Gasteiger partial charge is 0.484 e. The summed E-state index contributed by atoms with van der Waals surface area (Å²) >= 11 is 0. The molecule has 0 saturated carbocycles. The molecule has 1 saturated heterocycles. The van der Waals surface area contributed by atoms with E-state index in [9.17, 15) is 9.59 Å². The smallest absolute Gasteiger partial charge is 0.362 e. The molecule has 0 spiro atoms. The van der Waals surface area contributed by atoms with E-state index in [1.54, 1.807) is 17.4 Å². The SMILES string of the molecule is O=C(O)c1ccc(O[C@@H]2C[NH2+][C@H](C(=O)O)C2)cc1. The van der Waals surface area contributed by atoms with Crippen molar-refractivity contribution < 1.29 is 29.9 Å². The average Bonchev–Trinajstić information content (AvgIpc) is 2.78. The summed E-state index contributed by atoms with van der Waals surface area (Å²) in [4.78, 5) is 21.4. The zero-order chi connectivity index (χ0) is 13.1. The molecule has 1 aliphatic rings. The molecule has 1 aliphatic heterocycles. The molecule has 0 aliphatic carbocycles. The molecule has 0 bridgehead atoms. The summed E-state index contributed by atoms with van der Waals surface area (Å²) in [7, 11) is 0. The third-order valence-electron chi connectivity index (χ3n) is 2.92. The predicted octanol–water partition coefficient (Wildman–Crippen LogP) is -0.447. The van der Waals surface area contributed by atoms with Crippen LogP contribution in [0.25, 0.3) is 0 Å². The molecule has 18 heavy (non-hydrogen) atoms. The Morgan fingerprint density at radius 2 is 1.89 bits per heavy atom. The molecular formula is C12H14NO5+. The monoisotopic (exact) mass is 252 g/mol. The Hall–Kier alpha value is -2.08. The minimum atomic E-state index is -0.985. The van der Waals surface area contributed by atoms with Crippen molar-refractivity contribution in [3.8, 4) is 5.75 Å². The van der Waals surface area contributed by atoms with Gasteiger partial charge in [-0.1, -0.05) is 0 Å². The van der Waals surface area contributed by atoms with Crippen molar-refractivity contribution in [2.45, 2.75) is 18.6 Å². The number of hydrogen-bond donors (Lipinski definition) is 3. The van der Waals surface area contributed by atoms with E-state index in [1.165, 1.54) is 12.1 Å². The van der Waals surface area contributed by atoms with Crippen LogP contribution in [-0.4, -0.2) is 40.8 Å². The number of rotatable bonds is 4. The van der Waals surface area contributed by atoms with Gasteiger partial charge in [-0.3, -0.25) is 0 Å². The lowest BCUT2D eigenvalue weighted by Gasteiger charge is -2.10. The Balaban J connectivity index is 1.94. The number of aromatic carboxylic acids is 1. The summed E-state index contributed by atoms with van der Waals surface area (Å²) in [5.41, 5.74) is 0.198. The Morgan fingerprint density at radius 1 is 1.22 bits per heavy atom. The van der Waals surface area contributed by atoms with Crippen LogP contribution >= 0.6 is 0 Å². The zero-order valence-electron chi connectivity index (χ0n) is 9.57. The molecule has 1 heterocycles. The number of carboxylic acids is 2. The first-order valence-electron chi connectivity index (χ1n) is 5.62. The van der Waals surface area contributed by atoms with E-state index in [-0.39, 0.29) is 11.7 Å². The van der Waals surface area contributed by atoms with Gasteiger partial charge in [0.15, 0.2) is 12.1 Å². The quantitative estimate of drug-likeness (QED) is 0.674. The zero-order valence-corrected chi connectivity index (χ0v) is 9.57. The fraction of sp³-hybridized carbons (Fsp3) is 0.333. The van der Waals surface area contributed by atoms with Crippen LogP contribution in [0.4, 0.5) is 0 Å². The Labute approximate surface area is 103 Å². The summed E-state index contributed by atoms with van der Waals surface area (Å²) in [6, 6.07) is 5.64. The number of ether oxygens (including phenoxy) is 1. The highest BCUT2D eigenvalue weighted by Gasteiger charge is 2.34. The first-order valence-corrected chi connectivity index (χ1v) is 5.62. The van der Waals surface area contributed by atoms with Gasteiger partial charge in [-0.05, 0) is 24.3 Å². The number of nitrogens with two attached hydrogens (primary N) is 1. The average molecular weight is 252 g/mol. The maximum Gasteiger partial charge on any atom is 0.362 e. The third-order valence-corrected chi connectivity index (χ3v) is 2.92. The molecule has 0 aromatic heterocycles. The lowest BCUT2D eigenvalue weighted by atomic mass is 10.2. The van der Waals surface area contributed by atoms with Gasteiger partial charge in [0.1, 0.15) is 12.3 Å². The van der Waals surface area contributed by atoms with Gasteiger partial charge < -0.3 is 20.3 Å². The number of carboxylic acid groups (broad SMARTS) is 2. The second kappa shape index (κ2) is 5.05. The molecule has 6 nitrogen and oxygen atoms in total. The topological polar surface area (TPSA) is 100 Å². The minimum absolute atomic E-state index is 0.151. The van der Waals surface area contributed by atoms with Gasteiger partial charge in [0.25, 0.3) is 0 Å². The van der Waals surface area contributed by atoms with Crippen LogP contribution in [-0.2, 0) is 4.79 Å². The molecular weight excluding hydrogens is 238 g/mol. The fourth-order valence-corrected chi connectivity index (χ4v) is 1.96. The van der Waals surface area contributed by atoms with Gasteiger partial charge in [0.05, 0.1) is 12.0 Å². The highest BCUT2D eigenvalue weighted by Crippen LogP contribution is 2.16. The first-order chi connectivity index (χ1) is 8.56. The molecule has 0 radical (unpaired) electrons.